The number of halogens is 1. The molecule has 2 aliphatic rings. The quantitative estimate of drug-likeness (QED) is 0.449. The molecule has 3 atom stereocenters. The van der Waals surface area contributed by atoms with E-state index in [9.17, 15) is 10.1 Å². The molecule has 0 saturated carbocycles. The van der Waals surface area contributed by atoms with Gasteiger partial charge in [0.2, 0.25) is 0 Å². The minimum atomic E-state index is -0.326. The van der Waals surface area contributed by atoms with Gasteiger partial charge >= 0.3 is 0 Å². The molecular weight excluding hydrogens is 356 g/mol. The zero-order chi connectivity index (χ0) is 16.0. The molecule has 4 nitrogen and oxygen atoms in total. The predicted octanol–water partition coefficient (Wildman–Crippen LogP) is 5.18. The van der Waals surface area contributed by atoms with Crippen LogP contribution in [0.2, 0.25) is 0 Å². The fourth-order valence-corrected chi connectivity index (χ4v) is 4.26. The number of fused-ring (bicyclic) bond motifs is 3. The lowest BCUT2D eigenvalue weighted by atomic mass is 9.77. The van der Waals surface area contributed by atoms with Crippen LogP contribution in [0.1, 0.15) is 29.5 Å². The van der Waals surface area contributed by atoms with Crippen molar-refractivity contribution in [2.75, 3.05) is 5.32 Å². The average molecular weight is 371 g/mol. The van der Waals surface area contributed by atoms with Crippen LogP contribution in [0.25, 0.3) is 0 Å². The number of hydrogen-bond donors (Lipinski definition) is 1. The number of nitrogens with one attached hydrogen (secondary N) is 1. The van der Waals surface area contributed by atoms with E-state index in [-0.39, 0.29) is 22.6 Å². The number of hydrogen-bond acceptors (Lipinski definition) is 3. The van der Waals surface area contributed by atoms with Crippen molar-refractivity contribution >= 4 is 27.3 Å². The van der Waals surface area contributed by atoms with Crippen LogP contribution in [0.4, 0.5) is 11.4 Å². The Morgan fingerprint density at radius 2 is 2.00 bits per heavy atom. The zero-order valence-corrected chi connectivity index (χ0v) is 13.9. The van der Waals surface area contributed by atoms with Crippen LogP contribution >= 0.6 is 15.9 Å². The monoisotopic (exact) mass is 370 g/mol. The lowest BCUT2D eigenvalue weighted by Gasteiger charge is -2.37. The highest BCUT2D eigenvalue weighted by Crippen LogP contribution is 2.51. The molecule has 4 rings (SSSR count). The SMILES string of the molecule is O=[N+]([O-])c1ccc2c(c1)C1C=CCC1C(c1ccccc1Br)N2. The average Bonchev–Trinajstić information content (AvgIpc) is 3.04. The first-order valence-electron chi connectivity index (χ1n) is 7.61. The van der Waals surface area contributed by atoms with Crippen LogP contribution in [-0.4, -0.2) is 4.92 Å². The molecule has 23 heavy (non-hydrogen) atoms. The largest absolute Gasteiger partial charge is 0.378 e. The van der Waals surface area contributed by atoms with E-state index in [1.807, 2.05) is 18.2 Å². The zero-order valence-electron chi connectivity index (χ0n) is 12.3. The summed E-state index contributed by atoms with van der Waals surface area (Å²) in [6, 6.07) is 13.6. The maximum Gasteiger partial charge on any atom is 0.269 e. The van der Waals surface area contributed by atoms with Crippen molar-refractivity contribution in [2.45, 2.75) is 18.4 Å². The molecule has 0 bridgehead atoms. The summed E-state index contributed by atoms with van der Waals surface area (Å²) < 4.78 is 1.09. The van der Waals surface area contributed by atoms with Gasteiger partial charge in [0.25, 0.3) is 5.69 Å². The number of anilines is 1. The van der Waals surface area contributed by atoms with E-state index in [0.29, 0.717) is 5.92 Å². The van der Waals surface area contributed by atoms with Crippen LogP contribution in [-0.2, 0) is 0 Å². The first kappa shape index (κ1) is 14.5. The van der Waals surface area contributed by atoms with Crippen molar-refractivity contribution < 1.29 is 4.92 Å². The molecule has 0 fully saturated rings. The van der Waals surface area contributed by atoms with Crippen molar-refractivity contribution in [1.82, 2.24) is 0 Å². The summed E-state index contributed by atoms with van der Waals surface area (Å²) in [6.07, 6.45) is 5.36. The Labute approximate surface area is 142 Å². The van der Waals surface area contributed by atoms with Crippen molar-refractivity contribution in [2.24, 2.45) is 5.92 Å². The third-order valence-corrected chi connectivity index (χ3v) is 5.52. The Morgan fingerprint density at radius 3 is 2.78 bits per heavy atom. The van der Waals surface area contributed by atoms with Gasteiger partial charge in [-0.15, -0.1) is 0 Å². The van der Waals surface area contributed by atoms with Gasteiger partial charge in [0.15, 0.2) is 0 Å². The topological polar surface area (TPSA) is 55.2 Å². The Kier molecular flexibility index (Phi) is 3.45. The summed E-state index contributed by atoms with van der Waals surface area (Å²) in [5.41, 5.74) is 3.41. The number of rotatable bonds is 2. The first-order valence-corrected chi connectivity index (χ1v) is 8.40. The number of nitro groups is 1. The number of nitro benzene ring substituents is 1. The Balaban J connectivity index is 1.81. The van der Waals surface area contributed by atoms with Gasteiger partial charge in [0.1, 0.15) is 0 Å². The fourth-order valence-electron chi connectivity index (χ4n) is 3.73. The molecule has 1 heterocycles. The smallest absolute Gasteiger partial charge is 0.269 e. The third-order valence-electron chi connectivity index (χ3n) is 4.80. The van der Waals surface area contributed by atoms with Crippen molar-refractivity contribution in [3.05, 3.63) is 80.3 Å². The lowest BCUT2D eigenvalue weighted by molar-refractivity contribution is -0.384. The molecule has 0 radical (unpaired) electrons. The van der Waals surface area contributed by atoms with Crippen LogP contribution in [0.3, 0.4) is 0 Å². The fraction of sp³-hybridized carbons (Fsp3) is 0.222. The van der Waals surface area contributed by atoms with Crippen molar-refractivity contribution in [3.63, 3.8) is 0 Å². The molecule has 0 amide bonds. The van der Waals surface area contributed by atoms with Crippen LogP contribution in [0, 0.1) is 16.0 Å². The van der Waals surface area contributed by atoms with Crippen molar-refractivity contribution in [3.8, 4) is 0 Å². The van der Waals surface area contributed by atoms with Crippen molar-refractivity contribution in [1.29, 1.82) is 0 Å². The summed E-state index contributed by atoms with van der Waals surface area (Å²) in [4.78, 5) is 10.7. The molecule has 3 unspecified atom stereocenters. The van der Waals surface area contributed by atoms with Gasteiger partial charge in [-0.05, 0) is 35.6 Å². The first-order chi connectivity index (χ1) is 11.1. The van der Waals surface area contributed by atoms with Gasteiger partial charge in [-0.25, -0.2) is 0 Å². The lowest BCUT2D eigenvalue weighted by Crippen LogP contribution is -2.29. The summed E-state index contributed by atoms with van der Waals surface area (Å²) >= 11 is 3.65. The number of allylic oxidation sites excluding steroid dienone is 2. The van der Waals surface area contributed by atoms with Crippen LogP contribution < -0.4 is 5.32 Å². The maximum absolute atomic E-state index is 11.1. The number of benzene rings is 2. The molecule has 0 aromatic heterocycles. The normalized spacial score (nSPS) is 24.7. The minimum Gasteiger partial charge on any atom is -0.378 e. The summed E-state index contributed by atoms with van der Waals surface area (Å²) in [5.74, 6) is 0.603. The van der Waals surface area contributed by atoms with E-state index in [4.69, 9.17) is 0 Å². The molecule has 1 aliphatic carbocycles. The van der Waals surface area contributed by atoms with Gasteiger partial charge in [-0.2, -0.15) is 0 Å². The van der Waals surface area contributed by atoms with E-state index in [2.05, 4.69) is 45.5 Å². The van der Waals surface area contributed by atoms with E-state index in [0.717, 1.165) is 22.1 Å². The molecule has 1 N–H and O–H groups in total. The maximum atomic E-state index is 11.1. The van der Waals surface area contributed by atoms with E-state index in [1.165, 1.54) is 5.56 Å². The molecule has 1 aliphatic heterocycles. The van der Waals surface area contributed by atoms with Gasteiger partial charge in [0.05, 0.1) is 11.0 Å². The number of non-ortho nitro benzene ring substituents is 1. The molecular formula is C18H15BrN2O2. The van der Waals surface area contributed by atoms with Gasteiger partial charge in [0, 0.05) is 28.2 Å². The van der Waals surface area contributed by atoms with E-state index < -0.39 is 0 Å². The third kappa shape index (κ3) is 2.36. The molecule has 116 valence electrons. The highest BCUT2D eigenvalue weighted by Gasteiger charge is 2.39. The summed E-state index contributed by atoms with van der Waals surface area (Å²) in [6.45, 7) is 0. The van der Waals surface area contributed by atoms with E-state index in [1.54, 1.807) is 12.1 Å². The van der Waals surface area contributed by atoms with Gasteiger partial charge in [-0.3, -0.25) is 10.1 Å². The predicted molar refractivity (Wildman–Crippen MR) is 93.6 cm³/mol. The summed E-state index contributed by atoms with van der Waals surface area (Å²) in [5, 5.41) is 14.7. The second kappa shape index (κ2) is 5.49. The molecule has 2 aromatic rings. The summed E-state index contributed by atoms with van der Waals surface area (Å²) in [7, 11) is 0. The molecule has 2 aromatic carbocycles. The Morgan fingerprint density at radius 1 is 1.17 bits per heavy atom. The Hall–Kier alpha value is -2.14. The Bertz CT molecular complexity index is 818. The molecule has 0 spiro atoms. The van der Waals surface area contributed by atoms with Crippen LogP contribution in [0.5, 0.6) is 0 Å². The number of nitrogens with zero attached hydrogens (tertiary/aromatic N) is 1. The van der Waals surface area contributed by atoms with E-state index >= 15 is 0 Å². The standard InChI is InChI=1S/C18H15BrN2O2/c19-16-7-2-1-4-14(16)18-13-6-3-5-12(13)15-10-11(21(22)23)8-9-17(15)20-18/h1-5,7-10,12-13,18,20H,6H2. The minimum absolute atomic E-state index is 0.156. The second-order valence-electron chi connectivity index (χ2n) is 6.03. The second-order valence-corrected chi connectivity index (χ2v) is 6.88. The van der Waals surface area contributed by atoms with Gasteiger partial charge < -0.3 is 5.32 Å². The molecule has 0 saturated heterocycles. The molecule has 5 heteroatoms. The highest BCUT2D eigenvalue weighted by molar-refractivity contribution is 9.10. The highest BCUT2D eigenvalue weighted by atomic mass is 79.9. The van der Waals surface area contributed by atoms with Gasteiger partial charge in [-0.1, -0.05) is 46.3 Å². The van der Waals surface area contributed by atoms with Crippen LogP contribution in [0.15, 0.2) is 59.1 Å².